The van der Waals surface area contributed by atoms with E-state index in [2.05, 4.69) is 4.90 Å². The lowest BCUT2D eigenvalue weighted by atomic mass is 10.1. The monoisotopic (exact) mass is 275 g/mol. The number of hydrogen-bond donors (Lipinski definition) is 1. The molecule has 1 amide bonds. The molecule has 5 heteroatoms. The van der Waals surface area contributed by atoms with Gasteiger partial charge in [0.05, 0.1) is 5.69 Å². The van der Waals surface area contributed by atoms with Gasteiger partial charge in [-0.15, -0.1) is 0 Å². The number of fused-ring (bicyclic) bond motifs is 1. The predicted octanol–water partition coefficient (Wildman–Crippen LogP) is 0.954. The van der Waals surface area contributed by atoms with Crippen LogP contribution in [0.3, 0.4) is 0 Å². The second-order valence-electron chi connectivity index (χ2n) is 5.50. The number of anilines is 1. The second-order valence-corrected chi connectivity index (χ2v) is 5.50. The molecule has 1 aromatic carbocycles. The lowest BCUT2D eigenvalue weighted by Gasteiger charge is -2.37. The van der Waals surface area contributed by atoms with Crippen molar-refractivity contribution in [2.75, 3.05) is 38.5 Å². The molecule has 108 valence electrons. The maximum atomic E-state index is 12.2. The fourth-order valence-electron chi connectivity index (χ4n) is 3.06. The Bertz CT molecular complexity index is 492. The molecule has 0 radical (unpaired) electrons. The van der Waals surface area contributed by atoms with E-state index in [1.807, 2.05) is 17.0 Å². The summed E-state index contributed by atoms with van der Waals surface area (Å²) >= 11 is 0. The number of carbonyl (C=O) groups is 1. The molecule has 0 spiro atoms. The van der Waals surface area contributed by atoms with Crippen LogP contribution in [0.2, 0.25) is 0 Å². The molecule has 5 nitrogen and oxygen atoms in total. The quantitative estimate of drug-likeness (QED) is 0.835. The minimum Gasteiger partial charge on any atom is -0.482 e. The summed E-state index contributed by atoms with van der Waals surface area (Å²) in [6.07, 6.45) is 2.46. The minimum atomic E-state index is 0.0554. The number of nitrogens with two attached hydrogens (primary N) is 1. The summed E-state index contributed by atoms with van der Waals surface area (Å²) in [5, 5.41) is 0. The van der Waals surface area contributed by atoms with Crippen LogP contribution in [0.25, 0.3) is 0 Å². The van der Waals surface area contributed by atoms with E-state index < -0.39 is 0 Å². The molecule has 3 rings (SSSR count). The van der Waals surface area contributed by atoms with E-state index >= 15 is 0 Å². The van der Waals surface area contributed by atoms with Crippen molar-refractivity contribution in [1.82, 2.24) is 9.80 Å². The fraction of sp³-hybridized carbons (Fsp3) is 0.533. The highest BCUT2D eigenvalue weighted by Crippen LogP contribution is 2.22. The second kappa shape index (κ2) is 5.71. The Balaban J connectivity index is 1.53. The third-order valence-corrected chi connectivity index (χ3v) is 4.21. The molecule has 2 aliphatic heterocycles. The molecule has 20 heavy (non-hydrogen) atoms. The van der Waals surface area contributed by atoms with Gasteiger partial charge in [-0.1, -0.05) is 12.1 Å². The Morgan fingerprint density at radius 3 is 3.00 bits per heavy atom. The van der Waals surface area contributed by atoms with Gasteiger partial charge in [-0.2, -0.15) is 0 Å². The molecular formula is C15H21N3O2. The average molecular weight is 275 g/mol. The Morgan fingerprint density at radius 1 is 1.30 bits per heavy atom. The predicted molar refractivity (Wildman–Crippen MR) is 77.5 cm³/mol. The highest BCUT2D eigenvalue weighted by atomic mass is 16.5. The zero-order chi connectivity index (χ0) is 13.9. The van der Waals surface area contributed by atoms with Crippen LogP contribution in [0.4, 0.5) is 5.69 Å². The molecular weight excluding hydrogens is 254 g/mol. The van der Waals surface area contributed by atoms with Crippen molar-refractivity contribution in [3.8, 4) is 5.75 Å². The van der Waals surface area contributed by atoms with Gasteiger partial charge in [0.25, 0.3) is 5.91 Å². The van der Waals surface area contributed by atoms with Crippen molar-refractivity contribution in [1.29, 1.82) is 0 Å². The molecule has 1 unspecified atom stereocenters. The van der Waals surface area contributed by atoms with Crippen molar-refractivity contribution < 1.29 is 9.53 Å². The van der Waals surface area contributed by atoms with Crippen LogP contribution in [0.15, 0.2) is 24.3 Å². The largest absolute Gasteiger partial charge is 0.482 e. The van der Waals surface area contributed by atoms with Crippen LogP contribution in [0.1, 0.15) is 12.8 Å². The number of carbonyl (C=O) groups excluding carboxylic acids is 1. The molecule has 0 aliphatic carbocycles. The number of nitrogens with zero attached hydrogens (tertiary/aromatic N) is 2. The number of para-hydroxylation sites is 2. The molecule has 1 atom stereocenters. The van der Waals surface area contributed by atoms with Crippen molar-refractivity contribution in [2.45, 2.75) is 18.9 Å². The van der Waals surface area contributed by atoms with Crippen molar-refractivity contribution in [3.63, 3.8) is 0 Å². The number of benzene rings is 1. The van der Waals surface area contributed by atoms with Gasteiger partial charge in [0, 0.05) is 25.7 Å². The molecule has 0 saturated carbocycles. The van der Waals surface area contributed by atoms with Crippen LogP contribution in [-0.2, 0) is 4.79 Å². The van der Waals surface area contributed by atoms with E-state index in [-0.39, 0.29) is 12.5 Å². The van der Waals surface area contributed by atoms with Crippen LogP contribution >= 0.6 is 0 Å². The fourth-order valence-corrected chi connectivity index (χ4v) is 3.06. The van der Waals surface area contributed by atoms with Gasteiger partial charge in [0.2, 0.25) is 0 Å². The van der Waals surface area contributed by atoms with Crippen LogP contribution in [0.5, 0.6) is 5.75 Å². The summed E-state index contributed by atoms with van der Waals surface area (Å²) in [6, 6.07) is 7.82. The SMILES string of the molecule is Nc1ccccc1OCC(=O)N1CCN2CCCC2C1. The van der Waals surface area contributed by atoms with Gasteiger partial charge >= 0.3 is 0 Å². The van der Waals surface area contributed by atoms with Crippen molar-refractivity contribution in [3.05, 3.63) is 24.3 Å². The van der Waals surface area contributed by atoms with Crippen molar-refractivity contribution >= 4 is 11.6 Å². The molecule has 0 aromatic heterocycles. The smallest absolute Gasteiger partial charge is 0.260 e. The number of piperazine rings is 1. The Labute approximate surface area is 119 Å². The zero-order valence-corrected chi connectivity index (χ0v) is 11.6. The maximum Gasteiger partial charge on any atom is 0.260 e. The Hall–Kier alpha value is -1.75. The summed E-state index contributed by atoms with van der Waals surface area (Å²) in [4.78, 5) is 16.6. The molecule has 2 fully saturated rings. The molecule has 2 N–H and O–H groups in total. The minimum absolute atomic E-state index is 0.0554. The Kier molecular flexibility index (Phi) is 3.78. The van der Waals surface area contributed by atoms with E-state index in [9.17, 15) is 4.79 Å². The maximum absolute atomic E-state index is 12.2. The van der Waals surface area contributed by atoms with Gasteiger partial charge < -0.3 is 15.4 Å². The molecule has 2 heterocycles. The van der Waals surface area contributed by atoms with E-state index in [4.69, 9.17) is 10.5 Å². The first-order chi connectivity index (χ1) is 9.74. The number of ether oxygens (including phenoxy) is 1. The first kappa shape index (κ1) is 13.2. The summed E-state index contributed by atoms with van der Waals surface area (Å²) < 4.78 is 5.53. The average Bonchev–Trinajstić information content (AvgIpc) is 2.93. The van der Waals surface area contributed by atoms with Gasteiger partial charge in [0.1, 0.15) is 5.75 Å². The molecule has 1 aromatic rings. The highest BCUT2D eigenvalue weighted by Gasteiger charge is 2.32. The third kappa shape index (κ3) is 2.72. The van der Waals surface area contributed by atoms with Crippen LogP contribution in [0, 0.1) is 0 Å². The van der Waals surface area contributed by atoms with E-state index in [0.29, 0.717) is 17.5 Å². The van der Waals surface area contributed by atoms with Gasteiger partial charge in [-0.05, 0) is 31.5 Å². The van der Waals surface area contributed by atoms with E-state index in [0.717, 1.165) is 19.6 Å². The summed E-state index contributed by atoms with van der Waals surface area (Å²) in [5.41, 5.74) is 6.37. The number of hydrogen-bond acceptors (Lipinski definition) is 4. The molecule has 2 saturated heterocycles. The van der Waals surface area contributed by atoms with Crippen LogP contribution < -0.4 is 10.5 Å². The number of nitrogen functional groups attached to an aromatic ring is 1. The highest BCUT2D eigenvalue weighted by molar-refractivity contribution is 5.78. The third-order valence-electron chi connectivity index (χ3n) is 4.21. The lowest BCUT2D eigenvalue weighted by Crippen LogP contribution is -2.53. The zero-order valence-electron chi connectivity index (χ0n) is 11.6. The topological polar surface area (TPSA) is 58.8 Å². The van der Waals surface area contributed by atoms with Crippen LogP contribution in [-0.4, -0.2) is 54.5 Å². The van der Waals surface area contributed by atoms with E-state index in [1.54, 1.807) is 12.1 Å². The summed E-state index contributed by atoms with van der Waals surface area (Å²) in [7, 11) is 0. The van der Waals surface area contributed by atoms with Crippen molar-refractivity contribution in [2.24, 2.45) is 0 Å². The number of rotatable bonds is 3. The Morgan fingerprint density at radius 2 is 2.15 bits per heavy atom. The first-order valence-electron chi connectivity index (χ1n) is 7.23. The first-order valence-corrected chi connectivity index (χ1v) is 7.23. The number of amides is 1. The van der Waals surface area contributed by atoms with E-state index in [1.165, 1.54) is 19.4 Å². The normalized spacial score (nSPS) is 22.6. The molecule has 2 aliphatic rings. The summed E-state index contributed by atoms with van der Waals surface area (Å²) in [5.74, 6) is 0.639. The standard InChI is InChI=1S/C15H21N3O2/c16-13-5-1-2-6-14(13)20-11-15(19)18-9-8-17-7-3-4-12(17)10-18/h1-2,5-6,12H,3-4,7-11,16H2. The summed E-state index contributed by atoms with van der Waals surface area (Å²) in [6.45, 7) is 3.89. The lowest BCUT2D eigenvalue weighted by molar-refractivity contribution is -0.135. The molecule has 0 bridgehead atoms. The van der Waals surface area contributed by atoms with Gasteiger partial charge in [-0.25, -0.2) is 0 Å². The van der Waals surface area contributed by atoms with Gasteiger partial charge in [-0.3, -0.25) is 9.69 Å². The van der Waals surface area contributed by atoms with Gasteiger partial charge in [0.15, 0.2) is 6.61 Å².